The summed E-state index contributed by atoms with van der Waals surface area (Å²) in [5.41, 5.74) is 1.09. The lowest BCUT2D eigenvalue weighted by atomic mass is 10.3. The van der Waals surface area contributed by atoms with Gasteiger partial charge in [-0.2, -0.15) is 11.3 Å². The summed E-state index contributed by atoms with van der Waals surface area (Å²) in [6.07, 6.45) is 1.04. The average molecular weight is 275 g/mol. The zero-order valence-corrected chi connectivity index (χ0v) is 11.9. The SMILES string of the molecule is CCc1cc2c(NC)nc(-c3ccsc3)nc2s1. The highest BCUT2D eigenvalue weighted by Crippen LogP contribution is 2.31. The second-order valence-electron chi connectivity index (χ2n) is 3.94. The van der Waals surface area contributed by atoms with Crippen molar-refractivity contribution in [3.63, 3.8) is 0 Å². The standard InChI is InChI=1S/C13H13N3S2/c1-3-9-6-10-12(14-2)15-11(16-13(10)18-9)8-4-5-17-7-8/h4-7H,3H2,1-2H3,(H,14,15,16). The van der Waals surface area contributed by atoms with Crippen molar-refractivity contribution in [2.45, 2.75) is 13.3 Å². The fourth-order valence-electron chi connectivity index (χ4n) is 1.86. The van der Waals surface area contributed by atoms with E-state index in [1.54, 1.807) is 22.7 Å². The second kappa shape index (κ2) is 4.66. The van der Waals surface area contributed by atoms with Crippen LogP contribution >= 0.6 is 22.7 Å². The van der Waals surface area contributed by atoms with Crippen LogP contribution in [0, 0.1) is 0 Å². The first-order valence-electron chi connectivity index (χ1n) is 5.82. The number of nitrogens with one attached hydrogen (secondary N) is 1. The van der Waals surface area contributed by atoms with Crippen molar-refractivity contribution < 1.29 is 0 Å². The van der Waals surface area contributed by atoms with Crippen molar-refractivity contribution in [1.29, 1.82) is 0 Å². The number of rotatable bonds is 3. The molecule has 0 atom stereocenters. The van der Waals surface area contributed by atoms with Crippen LogP contribution in [0.3, 0.4) is 0 Å². The van der Waals surface area contributed by atoms with Gasteiger partial charge in [0.25, 0.3) is 0 Å². The molecule has 0 aromatic carbocycles. The van der Waals surface area contributed by atoms with Crippen molar-refractivity contribution in [3.8, 4) is 11.4 Å². The Morgan fingerprint density at radius 1 is 1.33 bits per heavy atom. The van der Waals surface area contributed by atoms with Crippen LogP contribution in [0.1, 0.15) is 11.8 Å². The molecule has 0 bridgehead atoms. The number of fused-ring (bicyclic) bond motifs is 1. The maximum atomic E-state index is 4.67. The summed E-state index contributed by atoms with van der Waals surface area (Å²) in [5.74, 6) is 1.72. The van der Waals surface area contributed by atoms with E-state index in [1.807, 2.05) is 12.4 Å². The van der Waals surface area contributed by atoms with Gasteiger partial charge in [-0.05, 0) is 23.9 Å². The van der Waals surface area contributed by atoms with Crippen LogP contribution in [0.4, 0.5) is 5.82 Å². The minimum absolute atomic E-state index is 0.803. The molecule has 3 aromatic heterocycles. The Morgan fingerprint density at radius 3 is 2.89 bits per heavy atom. The van der Waals surface area contributed by atoms with Gasteiger partial charge in [-0.1, -0.05) is 6.92 Å². The molecule has 92 valence electrons. The van der Waals surface area contributed by atoms with Crippen molar-refractivity contribution in [1.82, 2.24) is 9.97 Å². The third kappa shape index (κ3) is 1.89. The number of anilines is 1. The molecule has 0 saturated carbocycles. The van der Waals surface area contributed by atoms with Crippen molar-refractivity contribution in [2.24, 2.45) is 0 Å². The minimum atomic E-state index is 0.803. The highest BCUT2D eigenvalue weighted by molar-refractivity contribution is 7.18. The van der Waals surface area contributed by atoms with Gasteiger partial charge in [-0.15, -0.1) is 11.3 Å². The first-order chi connectivity index (χ1) is 8.81. The third-order valence-electron chi connectivity index (χ3n) is 2.81. The zero-order valence-electron chi connectivity index (χ0n) is 10.2. The lowest BCUT2D eigenvalue weighted by Gasteiger charge is -2.03. The van der Waals surface area contributed by atoms with Gasteiger partial charge in [-0.3, -0.25) is 0 Å². The topological polar surface area (TPSA) is 37.8 Å². The van der Waals surface area contributed by atoms with Crippen LogP contribution < -0.4 is 5.32 Å². The molecule has 0 fully saturated rings. The Kier molecular flexibility index (Phi) is 3.01. The highest BCUT2D eigenvalue weighted by atomic mass is 32.1. The van der Waals surface area contributed by atoms with E-state index in [2.05, 4.69) is 39.7 Å². The van der Waals surface area contributed by atoms with Gasteiger partial charge >= 0.3 is 0 Å². The van der Waals surface area contributed by atoms with E-state index in [4.69, 9.17) is 0 Å². The summed E-state index contributed by atoms with van der Waals surface area (Å²) in [6.45, 7) is 2.16. The van der Waals surface area contributed by atoms with Gasteiger partial charge < -0.3 is 5.32 Å². The largest absolute Gasteiger partial charge is 0.372 e. The van der Waals surface area contributed by atoms with Gasteiger partial charge in [-0.25, -0.2) is 9.97 Å². The number of aryl methyl sites for hydroxylation is 1. The van der Waals surface area contributed by atoms with Crippen LogP contribution in [0.25, 0.3) is 21.6 Å². The Hall–Kier alpha value is -1.46. The summed E-state index contributed by atoms with van der Waals surface area (Å²) < 4.78 is 0. The molecule has 3 heterocycles. The van der Waals surface area contributed by atoms with E-state index in [1.165, 1.54) is 4.88 Å². The third-order valence-corrected chi connectivity index (χ3v) is 4.66. The zero-order chi connectivity index (χ0) is 12.5. The van der Waals surface area contributed by atoms with Gasteiger partial charge in [0.1, 0.15) is 10.6 Å². The Morgan fingerprint density at radius 2 is 2.22 bits per heavy atom. The van der Waals surface area contributed by atoms with E-state index in [9.17, 15) is 0 Å². The molecule has 3 aromatic rings. The first-order valence-corrected chi connectivity index (χ1v) is 7.58. The second-order valence-corrected chi connectivity index (χ2v) is 5.84. The van der Waals surface area contributed by atoms with Crippen molar-refractivity contribution in [3.05, 3.63) is 27.8 Å². The van der Waals surface area contributed by atoms with Crippen LogP contribution in [0.5, 0.6) is 0 Å². The summed E-state index contributed by atoms with van der Waals surface area (Å²) >= 11 is 3.42. The molecule has 0 unspecified atom stereocenters. The van der Waals surface area contributed by atoms with Gasteiger partial charge in [0.15, 0.2) is 5.82 Å². The van der Waals surface area contributed by atoms with Crippen LogP contribution in [-0.2, 0) is 6.42 Å². The molecular weight excluding hydrogens is 262 g/mol. The molecule has 0 aliphatic heterocycles. The Bertz CT molecular complexity index is 671. The van der Waals surface area contributed by atoms with Gasteiger partial charge in [0.2, 0.25) is 0 Å². The van der Waals surface area contributed by atoms with Gasteiger partial charge in [0, 0.05) is 22.9 Å². The Labute approximate surface area is 114 Å². The molecular formula is C13H13N3S2. The molecule has 0 radical (unpaired) electrons. The number of hydrogen-bond donors (Lipinski definition) is 1. The summed E-state index contributed by atoms with van der Waals surface area (Å²) in [6, 6.07) is 4.24. The molecule has 5 heteroatoms. The quantitative estimate of drug-likeness (QED) is 0.784. The maximum absolute atomic E-state index is 4.67. The first kappa shape index (κ1) is 11.6. The molecule has 0 aliphatic rings. The minimum Gasteiger partial charge on any atom is -0.372 e. The number of thiophene rings is 2. The van der Waals surface area contributed by atoms with Crippen LogP contribution in [0.2, 0.25) is 0 Å². The molecule has 0 spiro atoms. The van der Waals surface area contributed by atoms with Crippen LogP contribution in [-0.4, -0.2) is 17.0 Å². The lowest BCUT2D eigenvalue weighted by Crippen LogP contribution is -1.96. The molecule has 18 heavy (non-hydrogen) atoms. The van der Waals surface area contributed by atoms with E-state index in [0.717, 1.165) is 33.8 Å². The maximum Gasteiger partial charge on any atom is 0.163 e. The molecule has 0 amide bonds. The average Bonchev–Trinajstić information content (AvgIpc) is 3.05. The fraction of sp³-hybridized carbons (Fsp3) is 0.231. The van der Waals surface area contributed by atoms with E-state index in [-0.39, 0.29) is 0 Å². The summed E-state index contributed by atoms with van der Waals surface area (Å²) in [7, 11) is 1.91. The summed E-state index contributed by atoms with van der Waals surface area (Å²) in [4.78, 5) is 11.7. The molecule has 0 aliphatic carbocycles. The molecule has 3 rings (SSSR count). The molecule has 3 nitrogen and oxygen atoms in total. The molecule has 0 saturated heterocycles. The van der Waals surface area contributed by atoms with E-state index >= 15 is 0 Å². The van der Waals surface area contributed by atoms with Gasteiger partial charge in [0.05, 0.1) is 5.39 Å². The lowest BCUT2D eigenvalue weighted by molar-refractivity contribution is 1.19. The monoisotopic (exact) mass is 275 g/mol. The fourth-order valence-corrected chi connectivity index (χ4v) is 3.46. The van der Waals surface area contributed by atoms with E-state index < -0.39 is 0 Å². The van der Waals surface area contributed by atoms with Crippen LogP contribution in [0.15, 0.2) is 22.9 Å². The molecule has 1 N–H and O–H groups in total. The summed E-state index contributed by atoms with van der Waals surface area (Å²) in [5, 5.41) is 8.42. The van der Waals surface area contributed by atoms with Crippen molar-refractivity contribution >= 4 is 38.7 Å². The predicted octanol–water partition coefficient (Wildman–Crippen LogP) is 4.02. The smallest absolute Gasteiger partial charge is 0.163 e. The number of nitrogens with zero attached hydrogens (tertiary/aromatic N) is 2. The van der Waals surface area contributed by atoms with E-state index in [0.29, 0.717) is 0 Å². The normalized spacial score (nSPS) is 11.0. The number of aromatic nitrogens is 2. The van der Waals surface area contributed by atoms with Crippen molar-refractivity contribution in [2.75, 3.05) is 12.4 Å². The predicted molar refractivity (Wildman–Crippen MR) is 79.7 cm³/mol. The Balaban J connectivity index is 2.24. The highest BCUT2D eigenvalue weighted by Gasteiger charge is 2.11. The number of hydrogen-bond acceptors (Lipinski definition) is 5.